The number of benzene rings is 2. The molecule has 4 aromatic rings. The number of aromatic nitrogens is 3. The molecular formula is C43H46ClN7O7S. The molecule has 1 saturated heterocycles. The molecule has 2 atom stereocenters. The average Bonchev–Trinajstić information content (AvgIpc) is 3.79. The van der Waals surface area contributed by atoms with E-state index in [2.05, 4.69) is 39.2 Å². The summed E-state index contributed by atoms with van der Waals surface area (Å²) in [6.07, 6.45) is 7.26. The zero-order valence-electron chi connectivity index (χ0n) is 33.3. The summed E-state index contributed by atoms with van der Waals surface area (Å²) in [6, 6.07) is 10.6. The zero-order chi connectivity index (χ0) is 41.8. The third-order valence-corrected chi connectivity index (χ3v) is 12.5. The fraction of sp³-hybridized carbons (Fsp3) is 0.419. The Morgan fingerprint density at radius 1 is 0.915 bits per heavy atom. The summed E-state index contributed by atoms with van der Waals surface area (Å²) in [5.41, 5.74) is 4.05. The zero-order valence-corrected chi connectivity index (χ0v) is 34.8. The first-order valence-corrected chi connectivity index (χ1v) is 21.2. The van der Waals surface area contributed by atoms with E-state index in [-0.39, 0.29) is 54.4 Å². The molecule has 1 fully saturated rings. The number of ketones is 1. The van der Waals surface area contributed by atoms with Crippen molar-refractivity contribution < 1.29 is 33.5 Å². The lowest BCUT2D eigenvalue weighted by atomic mass is 9.99. The maximum atomic E-state index is 13.4. The summed E-state index contributed by atoms with van der Waals surface area (Å²) in [6.45, 7) is 6.26. The van der Waals surface area contributed by atoms with Crippen LogP contribution in [0.1, 0.15) is 131 Å². The highest BCUT2D eigenvalue weighted by atomic mass is 35.5. The van der Waals surface area contributed by atoms with E-state index in [0.717, 1.165) is 83.1 Å². The van der Waals surface area contributed by atoms with Crippen LogP contribution < -0.4 is 15.4 Å². The standard InChI is InChI=1S/C43H46ClN7O7S/c1-24-25(2)59-43-36(24)38(27-15-17-28(44)18-16-27)46-31(39-49-48-26(3)50(39)43)22-29(52)12-9-7-5-4-6-8-10-21-45-35(54)23-58-33-14-11-13-30-37(33)42(57)51(41(30)56)32-19-20-34(53)47-40(32)55/h11,13-18,31-32H,4-10,12,19-23H2,1-3H3,(H,45,54)(H,47,53,55)/t31-,32?/m0/s1. The number of hydrogen-bond acceptors (Lipinski definition) is 11. The maximum Gasteiger partial charge on any atom is 0.266 e. The van der Waals surface area contributed by atoms with E-state index in [9.17, 15) is 28.8 Å². The van der Waals surface area contributed by atoms with Crippen molar-refractivity contribution in [3.63, 3.8) is 0 Å². The number of hydrogen-bond donors (Lipinski definition) is 2. The Bertz CT molecular complexity index is 2350. The molecule has 308 valence electrons. The number of carbonyl (C=O) groups excluding carboxylic acids is 6. The van der Waals surface area contributed by atoms with Crippen molar-refractivity contribution >= 4 is 64.0 Å². The molecule has 7 rings (SSSR count). The fourth-order valence-corrected chi connectivity index (χ4v) is 9.15. The molecular weight excluding hydrogens is 794 g/mol. The van der Waals surface area contributed by atoms with Crippen molar-refractivity contribution in [1.82, 2.24) is 30.3 Å². The number of piperidine rings is 1. The molecule has 16 heteroatoms. The van der Waals surface area contributed by atoms with Gasteiger partial charge in [-0.25, -0.2) is 0 Å². The van der Waals surface area contributed by atoms with Gasteiger partial charge >= 0.3 is 0 Å². The van der Waals surface area contributed by atoms with Gasteiger partial charge in [-0.3, -0.25) is 48.5 Å². The Hall–Kier alpha value is -5.54. The number of unbranched alkanes of at least 4 members (excludes halogenated alkanes) is 6. The Kier molecular flexibility index (Phi) is 12.8. The summed E-state index contributed by atoms with van der Waals surface area (Å²) in [7, 11) is 0. The highest BCUT2D eigenvalue weighted by Gasteiger charge is 2.46. The lowest BCUT2D eigenvalue weighted by Crippen LogP contribution is -2.54. The Morgan fingerprint density at radius 3 is 2.39 bits per heavy atom. The molecule has 5 amide bonds. The van der Waals surface area contributed by atoms with Gasteiger partial charge in [0, 0.05) is 46.8 Å². The second kappa shape index (κ2) is 18.2. The number of halogens is 1. The van der Waals surface area contributed by atoms with Gasteiger partial charge in [0.05, 0.1) is 16.8 Å². The normalized spacial score (nSPS) is 17.2. The summed E-state index contributed by atoms with van der Waals surface area (Å²) in [4.78, 5) is 83.4. The van der Waals surface area contributed by atoms with E-state index >= 15 is 0 Å². The van der Waals surface area contributed by atoms with Gasteiger partial charge in [-0.05, 0) is 69.9 Å². The van der Waals surface area contributed by atoms with Gasteiger partial charge in [-0.1, -0.05) is 61.9 Å². The lowest BCUT2D eigenvalue weighted by molar-refractivity contribution is -0.136. The minimum absolute atomic E-state index is 0.0000317. The predicted molar refractivity (Wildman–Crippen MR) is 221 cm³/mol. The van der Waals surface area contributed by atoms with E-state index in [1.165, 1.54) is 17.0 Å². The molecule has 2 aromatic carbocycles. The topological polar surface area (TPSA) is 182 Å². The van der Waals surface area contributed by atoms with E-state index in [1.807, 2.05) is 31.2 Å². The number of carbonyl (C=O) groups is 6. The van der Waals surface area contributed by atoms with Gasteiger partial charge in [0.25, 0.3) is 17.7 Å². The van der Waals surface area contributed by atoms with Crippen LogP contribution in [0.3, 0.4) is 0 Å². The fourth-order valence-electron chi connectivity index (χ4n) is 7.81. The van der Waals surface area contributed by atoms with Crippen LogP contribution in [-0.2, 0) is 19.2 Å². The molecule has 1 unspecified atom stereocenters. The Labute approximate surface area is 350 Å². The van der Waals surface area contributed by atoms with Crippen molar-refractivity contribution in [3.8, 4) is 10.8 Å². The Balaban J connectivity index is 0.812. The first kappa shape index (κ1) is 41.6. The molecule has 5 heterocycles. The van der Waals surface area contributed by atoms with Crippen LogP contribution >= 0.6 is 22.9 Å². The molecule has 14 nitrogen and oxygen atoms in total. The Morgan fingerprint density at radius 2 is 1.64 bits per heavy atom. The van der Waals surface area contributed by atoms with Crippen LogP contribution in [0, 0.1) is 20.8 Å². The number of rotatable bonds is 17. The quantitative estimate of drug-likeness (QED) is 0.0889. The van der Waals surface area contributed by atoms with Crippen molar-refractivity contribution in [2.24, 2.45) is 4.99 Å². The van der Waals surface area contributed by atoms with E-state index in [4.69, 9.17) is 21.3 Å². The molecule has 0 spiro atoms. The smallest absolute Gasteiger partial charge is 0.266 e. The van der Waals surface area contributed by atoms with Gasteiger partial charge in [-0.15, -0.1) is 21.5 Å². The number of amides is 5. The third-order valence-electron chi connectivity index (χ3n) is 11.0. The van der Waals surface area contributed by atoms with Crippen molar-refractivity contribution in [2.75, 3.05) is 13.2 Å². The van der Waals surface area contributed by atoms with Gasteiger partial charge < -0.3 is 10.1 Å². The predicted octanol–water partition coefficient (Wildman–Crippen LogP) is 6.48. The average molecular weight is 840 g/mol. The van der Waals surface area contributed by atoms with Gasteiger partial charge in [0.15, 0.2) is 12.4 Å². The molecule has 2 aromatic heterocycles. The molecule has 3 aliphatic rings. The minimum atomic E-state index is -1.09. The number of imide groups is 2. The maximum absolute atomic E-state index is 13.4. The van der Waals surface area contributed by atoms with Crippen LogP contribution in [-0.4, -0.2) is 79.9 Å². The summed E-state index contributed by atoms with van der Waals surface area (Å²) >= 11 is 7.91. The number of thiophene rings is 1. The molecule has 0 aliphatic carbocycles. The monoisotopic (exact) mass is 839 g/mol. The number of Topliss-reactive ketones (excluding diaryl/α,β-unsaturated/α-hetero) is 1. The number of nitrogens with zero attached hydrogens (tertiary/aromatic N) is 5. The van der Waals surface area contributed by atoms with E-state index in [0.29, 0.717) is 23.8 Å². The van der Waals surface area contributed by atoms with Crippen LogP contribution in [0.4, 0.5) is 0 Å². The second-order valence-electron chi connectivity index (χ2n) is 15.1. The molecule has 0 saturated carbocycles. The highest BCUT2D eigenvalue weighted by molar-refractivity contribution is 7.15. The summed E-state index contributed by atoms with van der Waals surface area (Å²) in [5.74, 6) is -1.18. The van der Waals surface area contributed by atoms with Crippen molar-refractivity contribution in [3.05, 3.63) is 91.8 Å². The minimum Gasteiger partial charge on any atom is -0.483 e. The summed E-state index contributed by atoms with van der Waals surface area (Å²) in [5, 5.41) is 15.6. The molecule has 0 bridgehead atoms. The SMILES string of the molecule is Cc1sc2c(c1C)C(c1ccc(Cl)cc1)=N[C@@H](CC(=O)CCCCCCCCCNC(=O)COc1cccc3c1C(=O)N(C1CCC(=O)NC1=O)C3=O)c1nnc(C)n1-2. The first-order valence-electron chi connectivity index (χ1n) is 20.0. The first-order chi connectivity index (χ1) is 28.4. The van der Waals surface area contributed by atoms with E-state index in [1.54, 1.807) is 17.4 Å². The third kappa shape index (κ3) is 8.91. The number of ether oxygens (including phenoxy) is 1. The molecule has 2 N–H and O–H groups in total. The van der Waals surface area contributed by atoms with Crippen LogP contribution in [0.15, 0.2) is 47.5 Å². The van der Waals surface area contributed by atoms with Crippen LogP contribution in [0.5, 0.6) is 5.75 Å². The van der Waals surface area contributed by atoms with Gasteiger partial charge in [-0.2, -0.15) is 0 Å². The van der Waals surface area contributed by atoms with Gasteiger partial charge in [0.2, 0.25) is 11.8 Å². The second-order valence-corrected chi connectivity index (χ2v) is 16.8. The van der Waals surface area contributed by atoms with Crippen molar-refractivity contribution in [1.29, 1.82) is 0 Å². The van der Waals surface area contributed by atoms with E-state index < -0.39 is 35.7 Å². The number of aliphatic imine (C=N–C) groups is 1. The number of fused-ring (bicyclic) bond motifs is 4. The summed E-state index contributed by atoms with van der Waals surface area (Å²) < 4.78 is 7.72. The van der Waals surface area contributed by atoms with Crippen LogP contribution in [0.2, 0.25) is 5.02 Å². The largest absolute Gasteiger partial charge is 0.483 e. The molecule has 59 heavy (non-hydrogen) atoms. The number of nitrogens with one attached hydrogen (secondary N) is 2. The van der Waals surface area contributed by atoms with Gasteiger partial charge in [0.1, 0.15) is 34.4 Å². The molecule has 3 aliphatic heterocycles. The van der Waals surface area contributed by atoms with Crippen molar-refractivity contribution in [2.45, 2.75) is 103 Å². The highest BCUT2D eigenvalue weighted by Crippen LogP contribution is 2.40. The van der Waals surface area contributed by atoms with Crippen LogP contribution in [0.25, 0.3) is 5.00 Å². The number of aryl methyl sites for hydroxylation is 2. The molecule has 0 radical (unpaired) electrons. The lowest BCUT2D eigenvalue weighted by Gasteiger charge is -2.27.